The largest absolute Gasteiger partial charge is 0.449 e. The lowest BCUT2D eigenvalue weighted by atomic mass is 10.1. The number of thiocarbonyl (C=S) groups is 1. The number of rotatable bonds is 1. The molecule has 1 fully saturated rings. The Morgan fingerprint density at radius 2 is 2.11 bits per heavy atom. The van der Waals surface area contributed by atoms with Crippen molar-refractivity contribution in [2.24, 2.45) is 0 Å². The zero-order chi connectivity index (χ0) is 13.4. The highest BCUT2D eigenvalue weighted by Gasteiger charge is 2.31. The fraction of sp³-hybridized carbons (Fsp3) is 0.100. The van der Waals surface area contributed by atoms with E-state index in [0.29, 0.717) is 14.9 Å². The third-order valence-electron chi connectivity index (χ3n) is 2.26. The first-order valence-corrected chi connectivity index (χ1v) is 6.69. The summed E-state index contributed by atoms with van der Waals surface area (Å²) in [7, 11) is 1.49. The number of hydrogen-bond acceptors (Lipinski definition) is 4. The van der Waals surface area contributed by atoms with Gasteiger partial charge in [-0.3, -0.25) is 19.8 Å². The van der Waals surface area contributed by atoms with Crippen LogP contribution in [0, 0.1) is 0 Å². The maximum Gasteiger partial charge on any atom is 0.265 e. The van der Waals surface area contributed by atoms with Crippen molar-refractivity contribution in [3.05, 3.63) is 26.5 Å². The number of nitrogens with zero attached hydrogens (tertiary/aromatic N) is 1. The Balaban J connectivity index is 2.40. The number of carbonyl (C=O) groups excluding carboxylic acids is 2. The fourth-order valence-corrected chi connectivity index (χ4v) is 2.11. The molecule has 18 heavy (non-hydrogen) atoms. The molecule has 0 bridgehead atoms. The average molecular weight is 394 g/mol. The van der Waals surface area contributed by atoms with E-state index in [9.17, 15) is 9.59 Å². The topological polar surface area (TPSA) is 62.6 Å². The van der Waals surface area contributed by atoms with Gasteiger partial charge in [0, 0.05) is 7.05 Å². The van der Waals surface area contributed by atoms with Crippen LogP contribution in [0.3, 0.4) is 0 Å². The van der Waals surface area contributed by atoms with Crippen LogP contribution in [0.5, 0.6) is 0 Å². The summed E-state index contributed by atoms with van der Waals surface area (Å²) in [5.74, 6) is -0.618. The molecule has 2 rings (SSSR count). The minimum Gasteiger partial charge on any atom is -0.449 e. The predicted octanol–water partition coefficient (Wildman–Crippen LogP) is 2.06. The summed E-state index contributed by atoms with van der Waals surface area (Å²) in [6.07, 6.45) is 1.37. The van der Waals surface area contributed by atoms with Crippen molar-refractivity contribution < 1.29 is 14.0 Å². The van der Waals surface area contributed by atoms with Crippen molar-refractivity contribution in [1.82, 2.24) is 10.2 Å². The summed E-state index contributed by atoms with van der Waals surface area (Å²) in [4.78, 5) is 24.8. The standard InChI is InChI=1S/C10H6Br2N2O3S/c1-14-9(16)5(8(15)13-10(14)18)2-4-3-6(11)7(12)17-4/h2-3H,1H3,(H,13,15,18)/b5-2+. The number of nitrogens with one attached hydrogen (secondary N) is 1. The van der Waals surface area contributed by atoms with E-state index in [2.05, 4.69) is 37.2 Å². The van der Waals surface area contributed by atoms with Crippen LogP contribution in [0.1, 0.15) is 5.76 Å². The van der Waals surface area contributed by atoms with Crippen LogP contribution in [0.15, 0.2) is 25.2 Å². The molecule has 0 spiro atoms. The Labute approximate surface area is 124 Å². The van der Waals surface area contributed by atoms with Gasteiger partial charge >= 0.3 is 0 Å². The first kappa shape index (κ1) is 13.4. The summed E-state index contributed by atoms with van der Waals surface area (Å²) < 4.78 is 6.47. The van der Waals surface area contributed by atoms with Gasteiger partial charge in [0.2, 0.25) is 0 Å². The maximum atomic E-state index is 11.9. The first-order chi connectivity index (χ1) is 8.40. The molecule has 0 radical (unpaired) electrons. The van der Waals surface area contributed by atoms with Crippen LogP contribution < -0.4 is 5.32 Å². The van der Waals surface area contributed by atoms with Gasteiger partial charge in [-0.15, -0.1) is 0 Å². The van der Waals surface area contributed by atoms with E-state index in [-0.39, 0.29) is 10.7 Å². The molecule has 94 valence electrons. The molecule has 1 aliphatic heterocycles. The molecule has 0 atom stereocenters. The van der Waals surface area contributed by atoms with Crippen LogP contribution in [0.2, 0.25) is 0 Å². The third-order valence-corrected chi connectivity index (χ3v) is 4.34. The van der Waals surface area contributed by atoms with Gasteiger partial charge in [-0.05, 0) is 56.2 Å². The van der Waals surface area contributed by atoms with Crippen molar-refractivity contribution in [3.63, 3.8) is 0 Å². The second-order valence-electron chi connectivity index (χ2n) is 3.45. The number of hydrogen-bond donors (Lipinski definition) is 1. The molecule has 1 saturated heterocycles. The summed E-state index contributed by atoms with van der Waals surface area (Å²) in [6, 6.07) is 1.64. The number of halogens is 2. The number of furan rings is 1. The first-order valence-electron chi connectivity index (χ1n) is 4.70. The van der Waals surface area contributed by atoms with Crippen molar-refractivity contribution in [3.8, 4) is 0 Å². The van der Waals surface area contributed by atoms with Gasteiger partial charge in [-0.1, -0.05) is 0 Å². The molecule has 1 aromatic heterocycles. The lowest BCUT2D eigenvalue weighted by Gasteiger charge is -2.24. The molecule has 0 saturated carbocycles. The van der Waals surface area contributed by atoms with Gasteiger partial charge in [0.05, 0.1) is 4.47 Å². The van der Waals surface area contributed by atoms with Crippen molar-refractivity contribution >= 4 is 67.1 Å². The molecule has 2 amide bonds. The minimum atomic E-state index is -0.535. The zero-order valence-electron chi connectivity index (χ0n) is 8.99. The Morgan fingerprint density at radius 1 is 1.44 bits per heavy atom. The molecule has 0 unspecified atom stereocenters. The second-order valence-corrected chi connectivity index (χ2v) is 5.41. The monoisotopic (exact) mass is 392 g/mol. The molecular formula is C10H6Br2N2O3S. The minimum absolute atomic E-state index is 0.0279. The predicted molar refractivity (Wildman–Crippen MR) is 75.6 cm³/mol. The van der Waals surface area contributed by atoms with Crippen LogP contribution in [0.25, 0.3) is 6.08 Å². The lowest BCUT2D eigenvalue weighted by Crippen LogP contribution is -2.52. The van der Waals surface area contributed by atoms with Gasteiger partial charge < -0.3 is 4.42 Å². The summed E-state index contributed by atoms with van der Waals surface area (Å²) in [6.45, 7) is 0. The molecular weight excluding hydrogens is 388 g/mol. The van der Waals surface area contributed by atoms with E-state index in [1.54, 1.807) is 6.07 Å². The van der Waals surface area contributed by atoms with Crippen molar-refractivity contribution in [2.45, 2.75) is 0 Å². The Bertz CT molecular complexity index is 574. The van der Waals surface area contributed by atoms with Crippen molar-refractivity contribution in [1.29, 1.82) is 0 Å². The van der Waals surface area contributed by atoms with Gasteiger partial charge in [0.15, 0.2) is 9.78 Å². The SMILES string of the molecule is CN1C(=O)/C(=C/c2cc(Br)c(Br)o2)C(=O)NC1=S. The van der Waals surface area contributed by atoms with Crippen LogP contribution in [-0.4, -0.2) is 28.9 Å². The summed E-state index contributed by atoms with van der Waals surface area (Å²) in [5, 5.41) is 2.50. The lowest BCUT2D eigenvalue weighted by molar-refractivity contribution is -0.128. The van der Waals surface area contributed by atoms with E-state index < -0.39 is 11.8 Å². The second kappa shape index (κ2) is 4.94. The van der Waals surface area contributed by atoms with Crippen molar-refractivity contribution in [2.75, 3.05) is 7.05 Å². The highest BCUT2D eigenvalue weighted by atomic mass is 79.9. The molecule has 5 nitrogen and oxygen atoms in total. The number of likely N-dealkylation sites (N-methyl/N-ethyl adjacent to an activating group) is 1. The van der Waals surface area contributed by atoms with Crippen LogP contribution in [0.4, 0.5) is 0 Å². The molecule has 1 N–H and O–H groups in total. The van der Waals surface area contributed by atoms with E-state index in [1.807, 2.05) is 0 Å². The summed E-state index contributed by atoms with van der Waals surface area (Å²) in [5.41, 5.74) is -0.0279. The highest BCUT2D eigenvalue weighted by Crippen LogP contribution is 2.28. The number of carbonyl (C=O) groups is 2. The highest BCUT2D eigenvalue weighted by molar-refractivity contribution is 9.13. The molecule has 0 aliphatic carbocycles. The van der Waals surface area contributed by atoms with Gasteiger partial charge in [0.1, 0.15) is 11.3 Å². The van der Waals surface area contributed by atoms with E-state index in [4.69, 9.17) is 16.6 Å². The van der Waals surface area contributed by atoms with Crippen LogP contribution in [-0.2, 0) is 9.59 Å². The quantitative estimate of drug-likeness (QED) is 0.450. The van der Waals surface area contributed by atoms with E-state index in [0.717, 1.165) is 0 Å². The van der Waals surface area contributed by atoms with Gasteiger partial charge in [-0.25, -0.2) is 0 Å². The molecule has 1 aromatic rings. The maximum absolute atomic E-state index is 11.9. The van der Waals surface area contributed by atoms with E-state index in [1.165, 1.54) is 18.0 Å². The normalized spacial score (nSPS) is 18.5. The molecule has 2 heterocycles. The molecule has 1 aliphatic rings. The molecule has 0 aromatic carbocycles. The fourth-order valence-electron chi connectivity index (χ4n) is 1.32. The molecule has 8 heteroatoms. The van der Waals surface area contributed by atoms with Crippen LogP contribution >= 0.6 is 44.1 Å². The van der Waals surface area contributed by atoms with Gasteiger partial charge in [-0.2, -0.15) is 0 Å². The number of amides is 2. The van der Waals surface area contributed by atoms with Gasteiger partial charge in [0.25, 0.3) is 11.8 Å². The Hall–Kier alpha value is -0.990. The van der Waals surface area contributed by atoms with E-state index >= 15 is 0 Å². The Kier molecular flexibility index (Phi) is 3.69. The third kappa shape index (κ3) is 2.40. The zero-order valence-corrected chi connectivity index (χ0v) is 13.0. The summed E-state index contributed by atoms with van der Waals surface area (Å²) >= 11 is 11.3. The Morgan fingerprint density at radius 3 is 2.67 bits per heavy atom. The smallest absolute Gasteiger partial charge is 0.265 e. The average Bonchev–Trinajstić information content (AvgIpc) is 2.61.